The summed E-state index contributed by atoms with van der Waals surface area (Å²) in [5.41, 5.74) is 1.94. The summed E-state index contributed by atoms with van der Waals surface area (Å²) in [6, 6.07) is 7.32. The number of sulfone groups is 1. The lowest BCUT2D eigenvalue weighted by molar-refractivity contribution is 0.571. The molecule has 3 rings (SSSR count). The van der Waals surface area contributed by atoms with Crippen LogP contribution in [0.5, 0.6) is 0 Å². The monoisotopic (exact) mass is 383 g/mol. The Morgan fingerprint density at radius 2 is 2.04 bits per heavy atom. The summed E-state index contributed by atoms with van der Waals surface area (Å²) in [6.45, 7) is 0. The van der Waals surface area contributed by atoms with Crippen molar-refractivity contribution in [1.82, 2.24) is 9.97 Å². The second kappa shape index (κ2) is 6.46. The van der Waals surface area contributed by atoms with Gasteiger partial charge < -0.3 is 5.32 Å². The minimum absolute atomic E-state index is 0.334. The maximum atomic E-state index is 13.9. The number of aromatic nitrogens is 2. The molecule has 1 N–H and O–H groups in total. The molecule has 124 valence electrons. The van der Waals surface area contributed by atoms with Crippen LogP contribution in [0.1, 0.15) is 0 Å². The Bertz CT molecular complexity index is 1010. The molecule has 0 atom stereocenters. The predicted molar refractivity (Wildman–Crippen MR) is 93.1 cm³/mol. The molecule has 2 aromatic heterocycles. The van der Waals surface area contributed by atoms with E-state index in [1.165, 1.54) is 23.5 Å². The van der Waals surface area contributed by atoms with Gasteiger partial charge in [0.15, 0.2) is 15.0 Å². The smallest absolute Gasteiger partial charge is 0.187 e. The third kappa shape index (κ3) is 3.72. The van der Waals surface area contributed by atoms with Crippen LogP contribution in [0.15, 0.2) is 46.8 Å². The van der Waals surface area contributed by atoms with Crippen molar-refractivity contribution in [1.29, 1.82) is 0 Å². The minimum atomic E-state index is -3.59. The quantitative estimate of drug-likeness (QED) is 0.685. The molecule has 0 aliphatic heterocycles. The van der Waals surface area contributed by atoms with Crippen molar-refractivity contribution in [3.8, 4) is 11.3 Å². The zero-order valence-corrected chi connectivity index (χ0v) is 14.7. The van der Waals surface area contributed by atoms with Crippen LogP contribution in [0.2, 0.25) is 5.15 Å². The lowest BCUT2D eigenvalue weighted by Crippen LogP contribution is -2.01. The number of rotatable bonds is 4. The molecule has 0 bridgehead atoms. The largest absolute Gasteiger partial charge is 0.331 e. The van der Waals surface area contributed by atoms with E-state index in [1.807, 2.05) is 5.38 Å². The summed E-state index contributed by atoms with van der Waals surface area (Å²) in [5, 5.41) is 5.70. The summed E-state index contributed by atoms with van der Waals surface area (Å²) in [6.07, 6.45) is 2.55. The van der Waals surface area contributed by atoms with Crippen molar-refractivity contribution in [2.45, 2.75) is 4.90 Å². The van der Waals surface area contributed by atoms with Gasteiger partial charge in [0.1, 0.15) is 15.9 Å². The highest BCUT2D eigenvalue weighted by atomic mass is 35.5. The first-order valence-corrected chi connectivity index (χ1v) is 9.82. The first-order valence-electron chi connectivity index (χ1n) is 6.67. The molecule has 0 aliphatic rings. The second-order valence-electron chi connectivity index (χ2n) is 4.95. The van der Waals surface area contributed by atoms with Gasteiger partial charge >= 0.3 is 0 Å². The molecule has 0 amide bonds. The van der Waals surface area contributed by atoms with Crippen LogP contribution in [0, 0.1) is 5.82 Å². The number of nitrogens with zero attached hydrogens (tertiary/aromatic N) is 2. The summed E-state index contributed by atoms with van der Waals surface area (Å²) >= 11 is 7.19. The molecular weight excluding hydrogens is 373 g/mol. The number of anilines is 2. The van der Waals surface area contributed by atoms with Gasteiger partial charge in [-0.05, 0) is 30.3 Å². The summed E-state index contributed by atoms with van der Waals surface area (Å²) in [4.78, 5) is 7.98. The van der Waals surface area contributed by atoms with Crippen LogP contribution in [0.4, 0.5) is 15.2 Å². The van der Waals surface area contributed by atoms with Gasteiger partial charge in [-0.2, -0.15) is 0 Å². The standard InChI is InChI=1S/C15H11ClFN3O2S2/c1-24(21,22)13-3-2-10(7-11(13)17)19-15-20-12(8-23-15)9-4-5-18-14(16)6-9/h2-8H,1H3,(H,19,20). The SMILES string of the molecule is CS(=O)(=O)c1ccc(Nc2nc(-c3ccnc(Cl)c3)cs2)cc1F. The van der Waals surface area contributed by atoms with Gasteiger partial charge in [0.05, 0.1) is 5.69 Å². The fourth-order valence-corrected chi connectivity index (χ4v) is 3.67. The molecule has 0 unspecified atom stereocenters. The van der Waals surface area contributed by atoms with Crippen LogP contribution in [-0.4, -0.2) is 24.6 Å². The molecule has 5 nitrogen and oxygen atoms in total. The van der Waals surface area contributed by atoms with Crippen LogP contribution in [-0.2, 0) is 9.84 Å². The van der Waals surface area contributed by atoms with E-state index in [0.29, 0.717) is 21.7 Å². The summed E-state index contributed by atoms with van der Waals surface area (Å²) in [5.74, 6) is -0.805. The molecule has 0 radical (unpaired) electrons. The lowest BCUT2D eigenvalue weighted by Gasteiger charge is -2.05. The Kier molecular flexibility index (Phi) is 4.53. The molecule has 3 aromatic rings. The number of halogens is 2. The third-order valence-electron chi connectivity index (χ3n) is 3.11. The highest BCUT2D eigenvalue weighted by Crippen LogP contribution is 2.28. The zero-order chi connectivity index (χ0) is 17.3. The van der Waals surface area contributed by atoms with Gasteiger partial charge in [-0.25, -0.2) is 22.8 Å². The van der Waals surface area contributed by atoms with E-state index >= 15 is 0 Å². The van der Waals surface area contributed by atoms with Crippen LogP contribution in [0.3, 0.4) is 0 Å². The number of thiazole rings is 1. The van der Waals surface area contributed by atoms with Crippen molar-refractivity contribution < 1.29 is 12.8 Å². The second-order valence-corrected chi connectivity index (χ2v) is 8.18. The van der Waals surface area contributed by atoms with Gasteiger partial charge in [-0.1, -0.05) is 11.6 Å². The first-order chi connectivity index (χ1) is 11.3. The Labute approximate surface area is 147 Å². The van der Waals surface area contributed by atoms with Crippen LogP contribution in [0.25, 0.3) is 11.3 Å². The Morgan fingerprint density at radius 1 is 1.25 bits per heavy atom. The van der Waals surface area contributed by atoms with Gasteiger partial charge in [0.2, 0.25) is 0 Å². The highest BCUT2D eigenvalue weighted by Gasteiger charge is 2.14. The van der Waals surface area contributed by atoms with E-state index in [9.17, 15) is 12.8 Å². The topological polar surface area (TPSA) is 72.0 Å². The number of pyridine rings is 1. The van der Waals surface area contributed by atoms with Crippen molar-refractivity contribution >= 4 is 43.6 Å². The number of benzene rings is 1. The molecule has 0 saturated carbocycles. The van der Waals surface area contributed by atoms with Gasteiger partial charge in [-0.3, -0.25) is 0 Å². The average molecular weight is 384 g/mol. The Balaban J connectivity index is 1.84. The van der Waals surface area contributed by atoms with E-state index < -0.39 is 15.7 Å². The van der Waals surface area contributed by atoms with Gasteiger partial charge in [0.25, 0.3) is 0 Å². The molecule has 0 aliphatic carbocycles. The molecule has 0 saturated heterocycles. The minimum Gasteiger partial charge on any atom is -0.331 e. The number of hydrogen-bond donors (Lipinski definition) is 1. The lowest BCUT2D eigenvalue weighted by atomic mass is 10.2. The fraction of sp³-hybridized carbons (Fsp3) is 0.0667. The highest BCUT2D eigenvalue weighted by molar-refractivity contribution is 7.90. The number of nitrogens with one attached hydrogen (secondary N) is 1. The van der Waals surface area contributed by atoms with Gasteiger partial charge in [0, 0.05) is 29.1 Å². The normalized spacial score (nSPS) is 11.5. The molecule has 0 fully saturated rings. The molecule has 9 heteroatoms. The average Bonchev–Trinajstić information content (AvgIpc) is 2.94. The van der Waals surface area contributed by atoms with Crippen LogP contribution < -0.4 is 5.32 Å². The summed E-state index contributed by atoms with van der Waals surface area (Å²) in [7, 11) is -3.59. The molecule has 2 heterocycles. The van der Waals surface area contributed by atoms with E-state index in [4.69, 9.17) is 11.6 Å². The maximum absolute atomic E-state index is 13.9. The van der Waals surface area contributed by atoms with E-state index in [2.05, 4.69) is 15.3 Å². The fourth-order valence-electron chi connectivity index (χ4n) is 2.03. The molecule has 1 aromatic carbocycles. The molecule has 24 heavy (non-hydrogen) atoms. The first kappa shape index (κ1) is 16.8. The molecular formula is C15H11ClFN3O2S2. The van der Waals surface area contributed by atoms with Gasteiger partial charge in [-0.15, -0.1) is 11.3 Å². The zero-order valence-electron chi connectivity index (χ0n) is 12.3. The molecule has 0 spiro atoms. The van der Waals surface area contributed by atoms with E-state index in [1.54, 1.807) is 18.3 Å². The van der Waals surface area contributed by atoms with Crippen molar-refractivity contribution in [3.05, 3.63) is 52.9 Å². The maximum Gasteiger partial charge on any atom is 0.187 e. The van der Waals surface area contributed by atoms with Crippen molar-refractivity contribution in [3.63, 3.8) is 0 Å². The number of hydrogen-bond acceptors (Lipinski definition) is 6. The van der Waals surface area contributed by atoms with E-state index in [-0.39, 0.29) is 4.90 Å². The van der Waals surface area contributed by atoms with Crippen LogP contribution >= 0.6 is 22.9 Å². The third-order valence-corrected chi connectivity index (χ3v) is 5.20. The predicted octanol–water partition coefficient (Wildman–Crippen LogP) is 4.14. The Morgan fingerprint density at radius 3 is 2.71 bits per heavy atom. The Hall–Kier alpha value is -2.03. The van der Waals surface area contributed by atoms with Crippen molar-refractivity contribution in [2.24, 2.45) is 0 Å². The summed E-state index contributed by atoms with van der Waals surface area (Å²) < 4.78 is 36.8. The van der Waals surface area contributed by atoms with Crippen molar-refractivity contribution in [2.75, 3.05) is 11.6 Å². The van der Waals surface area contributed by atoms with E-state index in [0.717, 1.165) is 17.9 Å².